The Kier molecular flexibility index (Phi) is 7.97. The number of amides is 1. The van der Waals surface area contributed by atoms with Gasteiger partial charge in [0.05, 0.1) is 24.2 Å². The summed E-state index contributed by atoms with van der Waals surface area (Å²) in [6.45, 7) is 9.47. The average Bonchev–Trinajstić information content (AvgIpc) is 3.41. The van der Waals surface area contributed by atoms with Crippen molar-refractivity contribution in [2.45, 2.75) is 74.0 Å². The monoisotopic (exact) mass is 572 g/mol. The smallest absolute Gasteiger partial charge is 0.318 e. The van der Waals surface area contributed by atoms with Gasteiger partial charge in [0.2, 0.25) is 5.91 Å². The molecule has 0 N–H and O–H groups in total. The number of carbonyl (C=O) groups excluding carboxylic acids is 1. The van der Waals surface area contributed by atoms with E-state index in [4.69, 9.17) is 14.7 Å². The minimum absolute atomic E-state index is 0.0916. The molecule has 0 bridgehead atoms. The number of anilines is 1. The highest BCUT2D eigenvalue weighted by Crippen LogP contribution is 2.54. The fourth-order valence-electron chi connectivity index (χ4n) is 7.24. The standard InChI is InChI=1S/C32H40N6O2S/c1-4-29(39)38-17-16-37(19-24(38)12-14-33)30-27-11-13-32(22(2)26-10-6-5-8-23(26)21-41-32)18-28(27)34-31(35-30)40-20-25-9-7-15-36(25)3/h4-6,8,10,22,24-25H,1,7,9,11-13,15-21H2,2-3H3/t22?,24?,25?,32-/m0/s1. The summed E-state index contributed by atoms with van der Waals surface area (Å²) >= 11 is 2.08. The van der Waals surface area contributed by atoms with Crippen molar-refractivity contribution in [3.63, 3.8) is 0 Å². The largest absolute Gasteiger partial charge is 0.462 e. The van der Waals surface area contributed by atoms with Crippen molar-refractivity contribution in [1.82, 2.24) is 19.8 Å². The number of nitriles is 1. The number of thioether (sulfide) groups is 1. The zero-order valence-corrected chi connectivity index (χ0v) is 25.0. The van der Waals surface area contributed by atoms with Crippen LogP contribution in [0.2, 0.25) is 0 Å². The van der Waals surface area contributed by atoms with Crippen molar-refractivity contribution >= 4 is 23.5 Å². The molecular formula is C32H40N6O2S. The Morgan fingerprint density at radius 1 is 1.27 bits per heavy atom. The van der Waals surface area contributed by atoms with Crippen LogP contribution in [-0.4, -0.2) is 82.3 Å². The molecule has 0 radical (unpaired) electrons. The second-order valence-corrected chi connectivity index (χ2v) is 13.4. The fraction of sp³-hybridized carbons (Fsp3) is 0.562. The van der Waals surface area contributed by atoms with E-state index in [2.05, 4.69) is 72.4 Å². The molecule has 0 saturated carbocycles. The number of piperazine rings is 1. The highest BCUT2D eigenvalue weighted by molar-refractivity contribution is 8.00. The number of benzene rings is 1. The summed E-state index contributed by atoms with van der Waals surface area (Å²) in [5.74, 6) is 2.25. The second kappa shape index (κ2) is 11.7. The molecule has 1 aromatic heterocycles. The third-order valence-corrected chi connectivity index (χ3v) is 11.5. The number of ether oxygens (including phenoxy) is 1. The molecular weight excluding hydrogens is 532 g/mol. The number of hydrogen-bond acceptors (Lipinski definition) is 8. The van der Waals surface area contributed by atoms with Gasteiger partial charge in [-0.1, -0.05) is 37.8 Å². The molecule has 2 aromatic rings. The van der Waals surface area contributed by atoms with Crippen LogP contribution >= 0.6 is 11.8 Å². The summed E-state index contributed by atoms with van der Waals surface area (Å²) in [5.41, 5.74) is 5.21. The Bertz CT molecular complexity index is 1360. The van der Waals surface area contributed by atoms with Crippen LogP contribution in [0.5, 0.6) is 6.01 Å². The van der Waals surface area contributed by atoms with Crippen LogP contribution in [0, 0.1) is 11.3 Å². The van der Waals surface area contributed by atoms with Crippen LogP contribution in [0.1, 0.15) is 60.9 Å². The lowest BCUT2D eigenvalue weighted by Gasteiger charge is -2.47. The van der Waals surface area contributed by atoms with Crippen LogP contribution in [0.4, 0.5) is 5.82 Å². The van der Waals surface area contributed by atoms with E-state index < -0.39 is 0 Å². The van der Waals surface area contributed by atoms with E-state index in [-0.39, 0.29) is 23.1 Å². The van der Waals surface area contributed by atoms with Crippen molar-refractivity contribution in [2.24, 2.45) is 0 Å². The summed E-state index contributed by atoms with van der Waals surface area (Å²) in [6.07, 6.45) is 6.80. The zero-order chi connectivity index (χ0) is 28.6. The maximum atomic E-state index is 12.5. The molecule has 41 heavy (non-hydrogen) atoms. The van der Waals surface area contributed by atoms with Gasteiger partial charge in [0.25, 0.3) is 0 Å². The molecule has 2 fully saturated rings. The number of likely N-dealkylation sites (tertiary alicyclic amines) is 1. The van der Waals surface area contributed by atoms with E-state index in [1.54, 1.807) is 4.90 Å². The molecule has 3 unspecified atom stereocenters. The first-order chi connectivity index (χ1) is 19.9. The van der Waals surface area contributed by atoms with Gasteiger partial charge >= 0.3 is 6.01 Å². The summed E-state index contributed by atoms with van der Waals surface area (Å²) in [7, 11) is 2.16. The van der Waals surface area contributed by atoms with Gasteiger partial charge in [0, 0.05) is 48.2 Å². The highest BCUT2D eigenvalue weighted by atomic mass is 32.2. The molecule has 9 heteroatoms. The number of rotatable bonds is 6. The summed E-state index contributed by atoms with van der Waals surface area (Å²) in [5, 5.41) is 9.53. The van der Waals surface area contributed by atoms with E-state index in [1.807, 2.05) is 0 Å². The third-order valence-electron chi connectivity index (χ3n) is 9.78. The Morgan fingerprint density at radius 3 is 2.90 bits per heavy atom. The Balaban J connectivity index is 1.33. The quantitative estimate of drug-likeness (QED) is 0.473. The minimum atomic E-state index is -0.207. The lowest BCUT2D eigenvalue weighted by Crippen LogP contribution is -2.55. The first-order valence-electron chi connectivity index (χ1n) is 14.9. The number of carbonyl (C=O) groups is 1. The predicted molar refractivity (Wildman–Crippen MR) is 162 cm³/mol. The van der Waals surface area contributed by atoms with E-state index in [9.17, 15) is 10.1 Å². The van der Waals surface area contributed by atoms with Gasteiger partial charge in [-0.2, -0.15) is 15.2 Å². The Hall–Kier alpha value is -3.09. The van der Waals surface area contributed by atoms with Crippen molar-refractivity contribution < 1.29 is 9.53 Å². The van der Waals surface area contributed by atoms with E-state index in [1.165, 1.54) is 29.2 Å². The molecule has 4 atom stereocenters. The fourth-order valence-corrected chi connectivity index (χ4v) is 8.81. The van der Waals surface area contributed by atoms with Gasteiger partial charge < -0.3 is 19.4 Å². The number of nitrogens with zero attached hydrogens (tertiary/aromatic N) is 6. The Labute approximate surface area is 247 Å². The molecule has 6 rings (SSSR count). The minimum Gasteiger partial charge on any atom is -0.462 e. The molecule has 3 aliphatic heterocycles. The molecule has 1 aliphatic carbocycles. The lowest BCUT2D eigenvalue weighted by molar-refractivity contribution is -0.128. The first kappa shape index (κ1) is 28.0. The van der Waals surface area contributed by atoms with E-state index in [0.29, 0.717) is 44.2 Å². The zero-order valence-electron chi connectivity index (χ0n) is 24.2. The van der Waals surface area contributed by atoms with Crippen molar-refractivity contribution in [1.29, 1.82) is 5.26 Å². The number of likely N-dealkylation sites (N-methyl/N-ethyl adjacent to an activating group) is 1. The molecule has 1 aromatic carbocycles. The van der Waals surface area contributed by atoms with Gasteiger partial charge in [-0.25, -0.2) is 0 Å². The maximum absolute atomic E-state index is 12.5. The third kappa shape index (κ3) is 5.32. The topological polar surface area (TPSA) is 85.6 Å². The molecule has 1 amide bonds. The molecule has 8 nitrogen and oxygen atoms in total. The van der Waals surface area contributed by atoms with Gasteiger partial charge in [0.15, 0.2) is 0 Å². The predicted octanol–water partition coefficient (Wildman–Crippen LogP) is 4.34. The normalized spacial score (nSPS) is 27.7. The van der Waals surface area contributed by atoms with Gasteiger partial charge in [-0.15, -0.1) is 11.8 Å². The highest BCUT2D eigenvalue weighted by Gasteiger charge is 2.45. The second-order valence-electron chi connectivity index (χ2n) is 12.0. The van der Waals surface area contributed by atoms with Crippen LogP contribution in [0.25, 0.3) is 0 Å². The maximum Gasteiger partial charge on any atom is 0.318 e. The van der Waals surface area contributed by atoms with E-state index >= 15 is 0 Å². The SMILES string of the molecule is C=CC(=O)N1CCN(c2nc(OCC3CCCN3C)nc3c2CC[C@@]2(C3)SCc3ccccc3C2C)CC1CC#N. The number of aromatic nitrogens is 2. The molecule has 4 heterocycles. The summed E-state index contributed by atoms with van der Waals surface area (Å²) < 4.78 is 6.43. The molecule has 4 aliphatic rings. The van der Waals surface area contributed by atoms with Crippen molar-refractivity contribution in [3.8, 4) is 12.1 Å². The van der Waals surface area contributed by atoms with Crippen molar-refractivity contribution in [2.75, 3.05) is 44.7 Å². The van der Waals surface area contributed by atoms with Crippen LogP contribution in [0.3, 0.4) is 0 Å². The van der Waals surface area contributed by atoms with Crippen molar-refractivity contribution in [3.05, 3.63) is 59.3 Å². The molecule has 1 spiro atoms. The van der Waals surface area contributed by atoms with Gasteiger partial charge in [-0.05, 0) is 62.4 Å². The van der Waals surface area contributed by atoms with Crippen LogP contribution in [-0.2, 0) is 23.4 Å². The van der Waals surface area contributed by atoms with Crippen LogP contribution in [0.15, 0.2) is 36.9 Å². The number of fused-ring (bicyclic) bond motifs is 2. The Morgan fingerprint density at radius 2 is 2.12 bits per heavy atom. The van der Waals surface area contributed by atoms with E-state index in [0.717, 1.165) is 49.5 Å². The molecule has 2 saturated heterocycles. The van der Waals surface area contributed by atoms with Gasteiger partial charge in [-0.3, -0.25) is 4.79 Å². The van der Waals surface area contributed by atoms with Crippen LogP contribution < -0.4 is 9.64 Å². The lowest BCUT2D eigenvalue weighted by atomic mass is 9.74. The first-order valence-corrected chi connectivity index (χ1v) is 15.9. The molecule has 216 valence electrons. The van der Waals surface area contributed by atoms with Gasteiger partial charge in [0.1, 0.15) is 12.4 Å². The summed E-state index contributed by atoms with van der Waals surface area (Å²) in [6, 6.07) is 11.8. The summed E-state index contributed by atoms with van der Waals surface area (Å²) in [4.78, 5) is 29.0. The average molecular weight is 573 g/mol. The number of hydrogen-bond donors (Lipinski definition) is 0.